The molecule has 2 rings (SSSR count). The van der Waals surface area contributed by atoms with Crippen molar-refractivity contribution >= 4 is 11.8 Å². The number of carbonyl (C=O) groups is 1. The second-order valence-electron chi connectivity index (χ2n) is 4.83. The van der Waals surface area contributed by atoms with Crippen LogP contribution in [0, 0.1) is 0 Å². The molecule has 4 nitrogen and oxygen atoms in total. The van der Waals surface area contributed by atoms with Crippen LogP contribution in [0.25, 0.3) is 0 Å². The van der Waals surface area contributed by atoms with Gasteiger partial charge in [-0.3, -0.25) is 10.2 Å². The van der Waals surface area contributed by atoms with Crippen molar-refractivity contribution in [1.29, 1.82) is 0 Å². The van der Waals surface area contributed by atoms with E-state index in [4.69, 9.17) is 4.74 Å². The van der Waals surface area contributed by atoms with Crippen LogP contribution in [-0.2, 0) is 17.8 Å². The molecule has 0 spiro atoms. The number of hydrogen-bond donors (Lipinski definition) is 1. The Hall–Kier alpha value is -1.55. The molecule has 1 aromatic rings. The van der Waals surface area contributed by atoms with Gasteiger partial charge in [-0.2, -0.15) is 0 Å². The summed E-state index contributed by atoms with van der Waals surface area (Å²) in [4.78, 5) is 13.7. The van der Waals surface area contributed by atoms with Crippen molar-refractivity contribution in [3.8, 4) is 0 Å². The number of rotatable bonds is 3. The summed E-state index contributed by atoms with van der Waals surface area (Å²) in [7, 11) is 0. The summed E-state index contributed by atoms with van der Waals surface area (Å²) >= 11 is 0. The standard InChI is InChI=1S/C14H20N2O2/c1-4-18-14(17)15-13-6-5-11-8-16(10(2)3)9-12(11)7-13/h5-7,10H,4,8-9H2,1-3H3,(H,15,17). The molecule has 0 saturated carbocycles. The van der Waals surface area contributed by atoms with E-state index in [9.17, 15) is 4.79 Å². The highest BCUT2D eigenvalue weighted by Gasteiger charge is 2.21. The van der Waals surface area contributed by atoms with Gasteiger partial charge in [-0.15, -0.1) is 0 Å². The van der Waals surface area contributed by atoms with E-state index in [1.165, 1.54) is 11.1 Å². The molecule has 0 radical (unpaired) electrons. The zero-order valence-electron chi connectivity index (χ0n) is 11.2. The van der Waals surface area contributed by atoms with E-state index in [-0.39, 0.29) is 0 Å². The van der Waals surface area contributed by atoms with Gasteiger partial charge in [0.1, 0.15) is 0 Å². The molecule has 1 N–H and O–H groups in total. The molecule has 1 aromatic carbocycles. The molecule has 1 aliphatic heterocycles. The number of hydrogen-bond acceptors (Lipinski definition) is 3. The number of nitrogens with zero attached hydrogens (tertiary/aromatic N) is 1. The molecule has 4 heteroatoms. The minimum atomic E-state index is -0.392. The maximum Gasteiger partial charge on any atom is 0.411 e. The van der Waals surface area contributed by atoms with Crippen LogP contribution < -0.4 is 5.32 Å². The van der Waals surface area contributed by atoms with E-state index in [1.54, 1.807) is 6.92 Å². The Morgan fingerprint density at radius 2 is 2.11 bits per heavy atom. The van der Waals surface area contributed by atoms with Gasteiger partial charge in [0.25, 0.3) is 0 Å². The molecule has 1 amide bonds. The van der Waals surface area contributed by atoms with Crippen LogP contribution in [0.1, 0.15) is 31.9 Å². The van der Waals surface area contributed by atoms with E-state index in [1.807, 2.05) is 12.1 Å². The maximum atomic E-state index is 11.3. The number of fused-ring (bicyclic) bond motifs is 1. The van der Waals surface area contributed by atoms with Crippen LogP contribution in [-0.4, -0.2) is 23.6 Å². The number of carbonyl (C=O) groups excluding carboxylic acids is 1. The van der Waals surface area contributed by atoms with Crippen molar-refractivity contribution < 1.29 is 9.53 Å². The molecule has 98 valence electrons. The number of ether oxygens (including phenoxy) is 1. The predicted octanol–water partition coefficient (Wildman–Crippen LogP) is 2.98. The minimum absolute atomic E-state index is 0.387. The summed E-state index contributed by atoms with van der Waals surface area (Å²) < 4.78 is 4.86. The van der Waals surface area contributed by atoms with Crippen LogP contribution >= 0.6 is 0 Å². The van der Waals surface area contributed by atoms with Gasteiger partial charge in [-0.05, 0) is 44.0 Å². The first kappa shape index (κ1) is 12.9. The summed E-state index contributed by atoms with van der Waals surface area (Å²) in [5.74, 6) is 0. The van der Waals surface area contributed by atoms with Gasteiger partial charge in [0, 0.05) is 24.8 Å². The normalized spacial score (nSPS) is 14.7. The first-order chi connectivity index (χ1) is 8.60. The van der Waals surface area contributed by atoms with Crippen molar-refractivity contribution in [2.45, 2.75) is 39.9 Å². The zero-order chi connectivity index (χ0) is 13.1. The smallest absolute Gasteiger partial charge is 0.411 e. The number of anilines is 1. The van der Waals surface area contributed by atoms with Crippen LogP contribution in [0.5, 0.6) is 0 Å². The molecule has 1 heterocycles. The van der Waals surface area contributed by atoms with Crippen molar-refractivity contribution in [1.82, 2.24) is 4.90 Å². The predicted molar refractivity (Wildman–Crippen MR) is 71.5 cm³/mol. The summed E-state index contributed by atoms with van der Waals surface area (Å²) in [6.07, 6.45) is -0.392. The first-order valence-corrected chi connectivity index (χ1v) is 6.39. The molecule has 1 aliphatic rings. The van der Waals surface area contributed by atoms with Gasteiger partial charge in [-0.25, -0.2) is 4.79 Å². The summed E-state index contributed by atoms with van der Waals surface area (Å²) in [6, 6.07) is 6.59. The lowest BCUT2D eigenvalue weighted by atomic mass is 10.1. The lowest BCUT2D eigenvalue weighted by Gasteiger charge is -2.18. The first-order valence-electron chi connectivity index (χ1n) is 6.39. The molecular weight excluding hydrogens is 228 g/mol. The summed E-state index contributed by atoms with van der Waals surface area (Å²) in [5, 5.41) is 2.74. The Morgan fingerprint density at radius 1 is 1.39 bits per heavy atom. The molecule has 0 bridgehead atoms. The molecule has 0 fully saturated rings. The molecule has 0 unspecified atom stereocenters. The number of benzene rings is 1. The van der Waals surface area contributed by atoms with Gasteiger partial charge < -0.3 is 4.74 Å². The molecule has 18 heavy (non-hydrogen) atoms. The quantitative estimate of drug-likeness (QED) is 0.894. The topological polar surface area (TPSA) is 41.6 Å². The van der Waals surface area contributed by atoms with Crippen LogP contribution in [0.2, 0.25) is 0 Å². The van der Waals surface area contributed by atoms with Crippen molar-refractivity contribution in [3.05, 3.63) is 29.3 Å². The molecule has 0 atom stereocenters. The zero-order valence-corrected chi connectivity index (χ0v) is 11.2. The largest absolute Gasteiger partial charge is 0.450 e. The van der Waals surface area contributed by atoms with Crippen LogP contribution in [0.15, 0.2) is 18.2 Å². The number of amides is 1. The second-order valence-corrected chi connectivity index (χ2v) is 4.83. The Balaban J connectivity index is 2.06. The Bertz CT molecular complexity index is 443. The van der Waals surface area contributed by atoms with E-state index in [0.29, 0.717) is 12.6 Å². The van der Waals surface area contributed by atoms with Gasteiger partial charge in [0.2, 0.25) is 0 Å². The highest BCUT2D eigenvalue weighted by atomic mass is 16.5. The molecular formula is C14H20N2O2. The highest BCUT2D eigenvalue weighted by Crippen LogP contribution is 2.27. The fraction of sp³-hybridized carbons (Fsp3) is 0.500. The molecule has 0 saturated heterocycles. The monoisotopic (exact) mass is 248 g/mol. The lowest BCUT2D eigenvalue weighted by Crippen LogP contribution is -2.24. The van der Waals surface area contributed by atoms with Gasteiger partial charge in [0.15, 0.2) is 0 Å². The van der Waals surface area contributed by atoms with Crippen LogP contribution in [0.4, 0.5) is 10.5 Å². The Morgan fingerprint density at radius 3 is 2.78 bits per heavy atom. The van der Waals surface area contributed by atoms with Crippen LogP contribution in [0.3, 0.4) is 0 Å². The number of nitrogens with one attached hydrogen (secondary N) is 1. The van der Waals surface area contributed by atoms with Crippen molar-refractivity contribution in [2.24, 2.45) is 0 Å². The van der Waals surface area contributed by atoms with Gasteiger partial charge in [0.05, 0.1) is 6.61 Å². The van der Waals surface area contributed by atoms with E-state index < -0.39 is 6.09 Å². The summed E-state index contributed by atoms with van der Waals surface area (Å²) in [6.45, 7) is 8.52. The lowest BCUT2D eigenvalue weighted by molar-refractivity contribution is 0.168. The summed E-state index contributed by atoms with van der Waals surface area (Å²) in [5.41, 5.74) is 3.44. The average molecular weight is 248 g/mol. The average Bonchev–Trinajstić information content (AvgIpc) is 2.72. The second kappa shape index (κ2) is 5.40. The fourth-order valence-corrected chi connectivity index (χ4v) is 2.15. The van der Waals surface area contributed by atoms with E-state index >= 15 is 0 Å². The third-order valence-electron chi connectivity index (χ3n) is 3.21. The van der Waals surface area contributed by atoms with Gasteiger partial charge >= 0.3 is 6.09 Å². The minimum Gasteiger partial charge on any atom is -0.450 e. The molecule has 0 aromatic heterocycles. The maximum absolute atomic E-state index is 11.3. The van der Waals surface area contributed by atoms with E-state index in [0.717, 1.165) is 18.8 Å². The SMILES string of the molecule is CCOC(=O)Nc1ccc2c(c1)CN(C(C)C)C2. The third kappa shape index (κ3) is 2.82. The van der Waals surface area contributed by atoms with E-state index in [2.05, 4.69) is 30.1 Å². The van der Waals surface area contributed by atoms with Crippen molar-refractivity contribution in [3.63, 3.8) is 0 Å². The fourth-order valence-electron chi connectivity index (χ4n) is 2.15. The molecule has 0 aliphatic carbocycles. The highest BCUT2D eigenvalue weighted by molar-refractivity contribution is 5.84. The Labute approximate surface area is 108 Å². The van der Waals surface area contributed by atoms with Crippen molar-refractivity contribution in [2.75, 3.05) is 11.9 Å². The third-order valence-corrected chi connectivity index (χ3v) is 3.21. The Kier molecular flexibility index (Phi) is 3.87. The van der Waals surface area contributed by atoms with Gasteiger partial charge in [-0.1, -0.05) is 6.07 Å².